The van der Waals surface area contributed by atoms with Crippen molar-refractivity contribution in [1.82, 2.24) is 4.90 Å². The summed E-state index contributed by atoms with van der Waals surface area (Å²) >= 11 is 0. The molecule has 3 fully saturated rings. The zero-order valence-corrected chi connectivity index (χ0v) is 13.0. The third-order valence-electron chi connectivity index (χ3n) is 6.05. The molecule has 0 aromatic heterocycles. The van der Waals surface area contributed by atoms with Crippen LogP contribution in [0.4, 0.5) is 0 Å². The van der Waals surface area contributed by atoms with Gasteiger partial charge in [0.2, 0.25) is 0 Å². The quantitative estimate of drug-likeness (QED) is 0.910. The first kappa shape index (κ1) is 13.8. The van der Waals surface area contributed by atoms with Gasteiger partial charge in [-0.25, -0.2) is 0 Å². The van der Waals surface area contributed by atoms with E-state index in [1.54, 1.807) is 5.56 Å². The van der Waals surface area contributed by atoms with Gasteiger partial charge in [-0.1, -0.05) is 37.1 Å². The van der Waals surface area contributed by atoms with Crippen molar-refractivity contribution < 1.29 is 0 Å². The minimum atomic E-state index is 0.454. The van der Waals surface area contributed by atoms with E-state index < -0.39 is 0 Å². The first-order valence-electron chi connectivity index (χ1n) is 8.93. The van der Waals surface area contributed by atoms with Gasteiger partial charge >= 0.3 is 0 Å². The van der Waals surface area contributed by atoms with Gasteiger partial charge in [-0.2, -0.15) is 0 Å². The van der Waals surface area contributed by atoms with Crippen LogP contribution in [0.25, 0.3) is 0 Å². The molecular weight excluding hydrogens is 256 g/mol. The summed E-state index contributed by atoms with van der Waals surface area (Å²) < 4.78 is 0. The molecule has 2 aliphatic carbocycles. The predicted molar refractivity (Wildman–Crippen MR) is 87.3 cm³/mol. The van der Waals surface area contributed by atoms with Gasteiger partial charge in [0.1, 0.15) is 0 Å². The van der Waals surface area contributed by atoms with Crippen LogP contribution in [0.1, 0.15) is 68.0 Å². The molecule has 1 heterocycles. The van der Waals surface area contributed by atoms with E-state index in [0.29, 0.717) is 6.04 Å². The minimum Gasteiger partial charge on any atom is -0.329 e. The summed E-state index contributed by atoms with van der Waals surface area (Å²) in [6.07, 6.45) is 9.85. The molecule has 0 spiro atoms. The molecule has 1 saturated heterocycles. The largest absolute Gasteiger partial charge is 0.329 e. The van der Waals surface area contributed by atoms with Gasteiger partial charge < -0.3 is 5.73 Å². The second kappa shape index (κ2) is 5.73. The van der Waals surface area contributed by atoms with Crippen LogP contribution in [0.2, 0.25) is 0 Å². The van der Waals surface area contributed by atoms with Crippen molar-refractivity contribution in [3.63, 3.8) is 0 Å². The van der Waals surface area contributed by atoms with Crippen LogP contribution in [0, 0.1) is 5.92 Å². The average molecular weight is 284 g/mol. The normalized spacial score (nSPS) is 31.1. The van der Waals surface area contributed by atoms with E-state index in [4.69, 9.17) is 5.73 Å². The molecule has 21 heavy (non-hydrogen) atoms. The molecular formula is C19H28N2. The highest BCUT2D eigenvalue weighted by Gasteiger charge is 2.40. The second-order valence-corrected chi connectivity index (χ2v) is 7.29. The number of benzene rings is 1. The average Bonchev–Trinajstić information content (AvgIpc) is 3.30. The number of fused-ring (bicyclic) bond motifs is 1. The standard InChI is InChI=1S/C19H28N2/c20-13-19(17-7-3-2-6-16(17)14-9-10-14)21-12-11-15-5-1-4-8-18(15)21/h2-3,6-7,14-15,18-19H,1,4-5,8-13,20H2. The van der Waals surface area contributed by atoms with Crippen molar-refractivity contribution in [2.75, 3.05) is 13.1 Å². The fourth-order valence-electron chi connectivity index (χ4n) is 4.85. The molecule has 4 rings (SSSR count). The molecule has 2 heteroatoms. The maximum Gasteiger partial charge on any atom is 0.0476 e. The van der Waals surface area contributed by atoms with Crippen molar-refractivity contribution in [2.45, 2.75) is 62.9 Å². The zero-order chi connectivity index (χ0) is 14.2. The molecule has 2 nitrogen and oxygen atoms in total. The van der Waals surface area contributed by atoms with Crippen molar-refractivity contribution in [3.8, 4) is 0 Å². The second-order valence-electron chi connectivity index (χ2n) is 7.29. The molecule has 0 radical (unpaired) electrons. The van der Waals surface area contributed by atoms with Crippen molar-refractivity contribution in [1.29, 1.82) is 0 Å². The SMILES string of the molecule is NCC(c1ccccc1C1CC1)N1CCC2CCCCC21. The van der Waals surface area contributed by atoms with Crippen LogP contribution < -0.4 is 5.73 Å². The number of likely N-dealkylation sites (tertiary alicyclic amines) is 1. The summed E-state index contributed by atoms with van der Waals surface area (Å²) in [4.78, 5) is 2.77. The molecule has 1 aromatic rings. The van der Waals surface area contributed by atoms with Crippen LogP contribution in [0.15, 0.2) is 24.3 Å². The first-order chi connectivity index (χ1) is 10.4. The molecule has 0 amide bonds. The smallest absolute Gasteiger partial charge is 0.0476 e. The lowest BCUT2D eigenvalue weighted by molar-refractivity contribution is 0.135. The molecule has 3 unspecified atom stereocenters. The Kier molecular flexibility index (Phi) is 3.76. The maximum atomic E-state index is 6.25. The first-order valence-corrected chi connectivity index (χ1v) is 8.93. The lowest BCUT2D eigenvalue weighted by Crippen LogP contribution is -2.40. The van der Waals surface area contributed by atoms with E-state index in [1.165, 1.54) is 57.1 Å². The van der Waals surface area contributed by atoms with Crippen LogP contribution in [0.5, 0.6) is 0 Å². The van der Waals surface area contributed by atoms with Crippen molar-refractivity contribution in [3.05, 3.63) is 35.4 Å². The fourth-order valence-corrected chi connectivity index (χ4v) is 4.85. The predicted octanol–water partition coefficient (Wildman–Crippen LogP) is 3.83. The Labute approximate surface area is 128 Å². The van der Waals surface area contributed by atoms with E-state index >= 15 is 0 Å². The molecule has 2 N–H and O–H groups in total. The summed E-state index contributed by atoms with van der Waals surface area (Å²) in [5, 5.41) is 0. The monoisotopic (exact) mass is 284 g/mol. The zero-order valence-electron chi connectivity index (χ0n) is 13.0. The van der Waals surface area contributed by atoms with Gasteiger partial charge in [-0.05, 0) is 61.6 Å². The number of nitrogens with zero attached hydrogens (tertiary/aromatic N) is 1. The molecule has 1 aromatic carbocycles. The summed E-state index contributed by atoms with van der Waals surface area (Å²) in [7, 11) is 0. The third-order valence-corrected chi connectivity index (χ3v) is 6.05. The molecule has 2 saturated carbocycles. The van der Waals surface area contributed by atoms with Gasteiger partial charge in [0.05, 0.1) is 0 Å². The Bertz CT molecular complexity index is 494. The van der Waals surface area contributed by atoms with Gasteiger partial charge in [0.15, 0.2) is 0 Å². The lowest BCUT2D eigenvalue weighted by Gasteiger charge is -2.37. The summed E-state index contributed by atoms with van der Waals surface area (Å²) in [6, 6.07) is 10.4. The topological polar surface area (TPSA) is 29.3 Å². The summed E-state index contributed by atoms with van der Waals surface area (Å²) in [5.41, 5.74) is 9.38. The van der Waals surface area contributed by atoms with E-state index in [9.17, 15) is 0 Å². The maximum absolute atomic E-state index is 6.25. The molecule has 114 valence electrons. The van der Waals surface area contributed by atoms with Crippen LogP contribution in [-0.2, 0) is 0 Å². The number of hydrogen-bond donors (Lipinski definition) is 1. The van der Waals surface area contributed by atoms with Crippen LogP contribution in [-0.4, -0.2) is 24.0 Å². The molecule has 1 aliphatic heterocycles. The van der Waals surface area contributed by atoms with E-state index in [2.05, 4.69) is 29.2 Å². The highest BCUT2D eigenvalue weighted by molar-refractivity contribution is 5.36. The Hall–Kier alpha value is -0.860. The molecule has 3 atom stereocenters. The van der Waals surface area contributed by atoms with E-state index in [-0.39, 0.29) is 0 Å². The van der Waals surface area contributed by atoms with Gasteiger partial charge in [-0.3, -0.25) is 4.90 Å². The van der Waals surface area contributed by atoms with Gasteiger partial charge in [0, 0.05) is 18.6 Å². The highest BCUT2D eigenvalue weighted by Crippen LogP contribution is 2.46. The number of hydrogen-bond acceptors (Lipinski definition) is 2. The molecule has 3 aliphatic rings. The Balaban J connectivity index is 1.62. The minimum absolute atomic E-state index is 0.454. The Morgan fingerprint density at radius 1 is 1.05 bits per heavy atom. The summed E-state index contributed by atoms with van der Waals surface area (Å²) in [6.45, 7) is 2.03. The number of rotatable bonds is 4. The Morgan fingerprint density at radius 2 is 1.86 bits per heavy atom. The van der Waals surface area contributed by atoms with Crippen molar-refractivity contribution >= 4 is 0 Å². The van der Waals surface area contributed by atoms with E-state index in [1.807, 2.05) is 0 Å². The fraction of sp³-hybridized carbons (Fsp3) is 0.684. The summed E-state index contributed by atoms with van der Waals surface area (Å²) in [5.74, 6) is 1.76. The van der Waals surface area contributed by atoms with Crippen LogP contribution >= 0.6 is 0 Å². The number of nitrogens with two attached hydrogens (primary N) is 1. The van der Waals surface area contributed by atoms with E-state index in [0.717, 1.165) is 24.4 Å². The molecule has 0 bridgehead atoms. The lowest BCUT2D eigenvalue weighted by atomic mass is 9.84. The van der Waals surface area contributed by atoms with Gasteiger partial charge in [-0.15, -0.1) is 0 Å². The third kappa shape index (κ3) is 2.53. The highest BCUT2D eigenvalue weighted by atomic mass is 15.2. The van der Waals surface area contributed by atoms with Crippen LogP contribution in [0.3, 0.4) is 0 Å². The van der Waals surface area contributed by atoms with Crippen molar-refractivity contribution in [2.24, 2.45) is 11.7 Å². The van der Waals surface area contributed by atoms with Gasteiger partial charge in [0.25, 0.3) is 0 Å². The Morgan fingerprint density at radius 3 is 2.67 bits per heavy atom.